The lowest BCUT2D eigenvalue weighted by molar-refractivity contribution is 0.444. The zero-order valence-corrected chi connectivity index (χ0v) is 10.8. The maximum absolute atomic E-state index is 5.89. The van der Waals surface area contributed by atoms with Gasteiger partial charge in [0, 0.05) is 24.7 Å². The van der Waals surface area contributed by atoms with Crippen molar-refractivity contribution >= 4 is 17.4 Å². The van der Waals surface area contributed by atoms with E-state index in [1.165, 1.54) is 18.4 Å². The second-order valence-corrected chi connectivity index (χ2v) is 5.07. The van der Waals surface area contributed by atoms with Crippen LogP contribution in [0.3, 0.4) is 0 Å². The fourth-order valence-electron chi connectivity index (χ4n) is 2.36. The fraction of sp³-hybridized carbons (Fsp3) is 0.615. The third-order valence-electron chi connectivity index (χ3n) is 3.13. The first-order chi connectivity index (χ1) is 7.69. The van der Waals surface area contributed by atoms with Gasteiger partial charge in [0.05, 0.1) is 0 Å². The fourth-order valence-corrected chi connectivity index (χ4v) is 2.51. The molecule has 1 aromatic rings. The molecule has 1 unspecified atom stereocenters. The molecule has 16 heavy (non-hydrogen) atoms. The van der Waals surface area contributed by atoms with Gasteiger partial charge in [-0.1, -0.05) is 6.92 Å². The van der Waals surface area contributed by atoms with Crippen molar-refractivity contribution in [2.75, 3.05) is 18.0 Å². The average molecular weight is 239 g/mol. The largest absolute Gasteiger partial charge is 0.356 e. The van der Waals surface area contributed by atoms with Gasteiger partial charge >= 0.3 is 0 Å². The lowest BCUT2D eigenvalue weighted by atomic mass is 10.0. The van der Waals surface area contributed by atoms with E-state index in [4.69, 9.17) is 11.6 Å². The topological polar surface area (TPSA) is 16.1 Å². The van der Waals surface area contributed by atoms with Gasteiger partial charge < -0.3 is 4.90 Å². The molecule has 88 valence electrons. The van der Waals surface area contributed by atoms with Crippen LogP contribution in [0.15, 0.2) is 12.1 Å². The number of alkyl halides is 1. The average Bonchev–Trinajstić information content (AvgIpc) is 2.28. The monoisotopic (exact) mass is 238 g/mol. The molecule has 1 aliphatic rings. The van der Waals surface area contributed by atoms with Crippen molar-refractivity contribution in [3.63, 3.8) is 0 Å². The second-order valence-electron chi connectivity index (χ2n) is 4.80. The summed E-state index contributed by atoms with van der Waals surface area (Å²) in [6.45, 7) is 6.60. The van der Waals surface area contributed by atoms with Gasteiger partial charge in [-0.25, -0.2) is 4.98 Å². The first-order valence-corrected chi connectivity index (χ1v) is 6.51. The van der Waals surface area contributed by atoms with E-state index >= 15 is 0 Å². The molecule has 1 atom stereocenters. The number of anilines is 1. The molecule has 1 saturated heterocycles. The molecule has 0 radical (unpaired) electrons. The molecule has 0 bridgehead atoms. The van der Waals surface area contributed by atoms with Gasteiger partial charge in [0.1, 0.15) is 5.82 Å². The van der Waals surface area contributed by atoms with E-state index in [2.05, 4.69) is 28.9 Å². The van der Waals surface area contributed by atoms with Crippen LogP contribution < -0.4 is 4.90 Å². The Morgan fingerprint density at radius 3 is 3.00 bits per heavy atom. The number of aromatic nitrogens is 1. The molecule has 0 amide bonds. The number of pyridine rings is 1. The molecule has 2 nitrogen and oxygen atoms in total. The summed E-state index contributed by atoms with van der Waals surface area (Å²) >= 11 is 5.89. The Morgan fingerprint density at radius 1 is 1.50 bits per heavy atom. The van der Waals surface area contributed by atoms with E-state index in [-0.39, 0.29) is 0 Å². The summed E-state index contributed by atoms with van der Waals surface area (Å²) in [5.74, 6) is 2.44. The lowest BCUT2D eigenvalue weighted by Crippen LogP contribution is -2.34. The number of aryl methyl sites for hydroxylation is 1. The predicted molar refractivity (Wildman–Crippen MR) is 69.1 cm³/mol. The third-order valence-corrected chi connectivity index (χ3v) is 3.44. The van der Waals surface area contributed by atoms with E-state index in [1.54, 1.807) is 0 Å². The molecule has 1 aliphatic heterocycles. The van der Waals surface area contributed by atoms with Crippen LogP contribution in [0, 0.1) is 12.8 Å². The zero-order chi connectivity index (χ0) is 11.5. The Kier molecular flexibility index (Phi) is 3.70. The van der Waals surface area contributed by atoms with Crippen LogP contribution in [0.1, 0.15) is 31.0 Å². The van der Waals surface area contributed by atoms with Crippen LogP contribution in [0.2, 0.25) is 0 Å². The van der Waals surface area contributed by atoms with E-state index in [0.29, 0.717) is 5.88 Å². The summed E-state index contributed by atoms with van der Waals surface area (Å²) < 4.78 is 0. The smallest absolute Gasteiger partial charge is 0.129 e. The van der Waals surface area contributed by atoms with Crippen molar-refractivity contribution in [3.05, 3.63) is 23.4 Å². The van der Waals surface area contributed by atoms with Crippen LogP contribution in [-0.4, -0.2) is 18.1 Å². The molecule has 1 fully saturated rings. The van der Waals surface area contributed by atoms with Gasteiger partial charge in [0.25, 0.3) is 0 Å². The highest BCUT2D eigenvalue weighted by Crippen LogP contribution is 2.23. The number of nitrogens with zero attached hydrogens (tertiary/aromatic N) is 2. The second kappa shape index (κ2) is 5.05. The molecule has 0 aliphatic carbocycles. The van der Waals surface area contributed by atoms with Crippen molar-refractivity contribution in [1.29, 1.82) is 0 Å². The predicted octanol–water partition coefficient (Wildman–Crippen LogP) is 3.37. The third kappa shape index (κ3) is 2.67. The number of hydrogen-bond acceptors (Lipinski definition) is 2. The number of piperidine rings is 1. The number of hydrogen-bond donors (Lipinski definition) is 0. The Bertz CT molecular complexity index is 365. The van der Waals surface area contributed by atoms with Crippen molar-refractivity contribution in [2.45, 2.75) is 32.6 Å². The minimum Gasteiger partial charge on any atom is -0.356 e. The normalized spacial score (nSPS) is 21.2. The number of rotatable bonds is 2. The van der Waals surface area contributed by atoms with Crippen LogP contribution in [-0.2, 0) is 5.88 Å². The zero-order valence-electron chi connectivity index (χ0n) is 10.0. The lowest BCUT2D eigenvalue weighted by Gasteiger charge is -2.32. The van der Waals surface area contributed by atoms with Gasteiger partial charge in [-0.2, -0.15) is 0 Å². The highest BCUT2D eigenvalue weighted by molar-refractivity contribution is 6.17. The summed E-state index contributed by atoms with van der Waals surface area (Å²) in [5, 5.41) is 0. The van der Waals surface area contributed by atoms with Gasteiger partial charge in [0.15, 0.2) is 0 Å². The Morgan fingerprint density at radius 2 is 2.31 bits per heavy atom. The quantitative estimate of drug-likeness (QED) is 0.735. The molecule has 1 aromatic heterocycles. The van der Waals surface area contributed by atoms with Gasteiger partial charge in [0.2, 0.25) is 0 Å². The van der Waals surface area contributed by atoms with Crippen LogP contribution in [0.4, 0.5) is 5.82 Å². The highest BCUT2D eigenvalue weighted by atomic mass is 35.5. The Balaban J connectivity index is 2.21. The first kappa shape index (κ1) is 11.7. The Labute approximate surface area is 103 Å². The summed E-state index contributed by atoms with van der Waals surface area (Å²) in [6, 6.07) is 4.18. The standard InChI is InChI=1S/C13H19ClN2/c1-10-4-3-5-16(9-10)13-7-12(8-14)6-11(2)15-13/h6-7,10H,3-5,8-9H2,1-2H3. The van der Waals surface area contributed by atoms with E-state index < -0.39 is 0 Å². The molecule has 0 N–H and O–H groups in total. The Hall–Kier alpha value is -0.760. The van der Waals surface area contributed by atoms with Crippen LogP contribution in [0.25, 0.3) is 0 Å². The first-order valence-electron chi connectivity index (χ1n) is 5.97. The molecule has 0 saturated carbocycles. The molecule has 0 aromatic carbocycles. The molecule has 3 heteroatoms. The molecule has 2 rings (SSSR count). The summed E-state index contributed by atoms with van der Waals surface area (Å²) in [7, 11) is 0. The van der Waals surface area contributed by atoms with Crippen LogP contribution >= 0.6 is 11.6 Å². The molecule has 2 heterocycles. The SMILES string of the molecule is Cc1cc(CCl)cc(N2CCCC(C)C2)n1. The summed E-state index contributed by atoms with van der Waals surface area (Å²) in [5.41, 5.74) is 2.23. The molecular weight excluding hydrogens is 220 g/mol. The van der Waals surface area contributed by atoms with Crippen LogP contribution in [0.5, 0.6) is 0 Å². The molecule has 0 spiro atoms. The van der Waals surface area contributed by atoms with Gasteiger partial charge in [-0.3, -0.25) is 0 Å². The van der Waals surface area contributed by atoms with E-state index in [1.807, 2.05) is 6.92 Å². The van der Waals surface area contributed by atoms with E-state index in [9.17, 15) is 0 Å². The van der Waals surface area contributed by atoms with Crippen molar-refractivity contribution in [1.82, 2.24) is 4.98 Å². The summed E-state index contributed by atoms with van der Waals surface area (Å²) in [6.07, 6.45) is 2.61. The molecular formula is C13H19ClN2. The number of halogens is 1. The summed E-state index contributed by atoms with van der Waals surface area (Å²) in [4.78, 5) is 6.99. The van der Waals surface area contributed by atoms with Gasteiger partial charge in [-0.05, 0) is 43.4 Å². The van der Waals surface area contributed by atoms with Crippen molar-refractivity contribution in [2.24, 2.45) is 5.92 Å². The maximum atomic E-state index is 5.89. The van der Waals surface area contributed by atoms with Gasteiger partial charge in [-0.15, -0.1) is 11.6 Å². The van der Waals surface area contributed by atoms with Crippen molar-refractivity contribution in [3.8, 4) is 0 Å². The van der Waals surface area contributed by atoms with E-state index in [0.717, 1.165) is 30.5 Å². The maximum Gasteiger partial charge on any atom is 0.129 e. The highest BCUT2D eigenvalue weighted by Gasteiger charge is 2.17. The minimum absolute atomic E-state index is 0.569. The minimum atomic E-state index is 0.569. The van der Waals surface area contributed by atoms with Crippen molar-refractivity contribution < 1.29 is 0 Å².